The molecule has 0 spiro atoms. The summed E-state index contributed by atoms with van der Waals surface area (Å²) in [6, 6.07) is 10.0. The molecule has 334 valence electrons. The Morgan fingerprint density at radius 3 is 2.40 bits per heavy atom. The van der Waals surface area contributed by atoms with Gasteiger partial charge in [-0.1, -0.05) is 26.0 Å². The number of hydrogen-bond donors (Lipinski definition) is 1. The molecule has 7 atom stereocenters. The van der Waals surface area contributed by atoms with Crippen LogP contribution in [0.2, 0.25) is 0 Å². The van der Waals surface area contributed by atoms with Crippen LogP contribution in [0.25, 0.3) is 22.2 Å². The van der Waals surface area contributed by atoms with Crippen molar-refractivity contribution < 1.29 is 46.5 Å². The molecule has 4 heterocycles. The van der Waals surface area contributed by atoms with Crippen molar-refractivity contribution in [3.8, 4) is 28.8 Å². The van der Waals surface area contributed by atoms with Crippen LogP contribution < -0.4 is 18.9 Å². The van der Waals surface area contributed by atoms with Crippen LogP contribution in [0.15, 0.2) is 54.7 Å². The van der Waals surface area contributed by atoms with Gasteiger partial charge in [-0.15, -0.1) is 0 Å². The highest BCUT2D eigenvalue weighted by Crippen LogP contribution is 2.57. The predicted molar refractivity (Wildman–Crippen MR) is 233 cm³/mol. The number of ketones is 1. The number of sulfonamides is 1. The Morgan fingerprint density at radius 2 is 1.73 bits per heavy atom. The average molecular weight is 873 g/mol. The largest absolute Gasteiger partial charge is 0.497 e. The number of hydrogen-bond acceptors (Lipinski definition) is 12. The molecule has 2 saturated carbocycles. The summed E-state index contributed by atoms with van der Waals surface area (Å²) < 4.78 is 52.0. The lowest BCUT2D eigenvalue weighted by molar-refractivity contribution is -0.154. The molecule has 14 nitrogen and oxygen atoms in total. The van der Waals surface area contributed by atoms with E-state index in [1.807, 2.05) is 63.3 Å². The highest BCUT2D eigenvalue weighted by Gasteiger charge is 2.61. The van der Waals surface area contributed by atoms with E-state index in [4.69, 9.17) is 23.9 Å². The highest BCUT2D eigenvalue weighted by molar-refractivity contribution is 7.90. The first kappa shape index (κ1) is 45.0. The summed E-state index contributed by atoms with van der Waals surface area (Å²) in [4.78, 5) is 68.2. The maximum atomic E-state index is 15.0. The van der Waals surface area contributed by atoms with Crippen LogP contribution in [0.5, 0.6) is 17.4 Å². The van der Waals surface area contributed by atoms with Crippen molar-refractivity contribution >= 4 is 44.4 Å². The zero-order chi connectivity index (χ0) is 44.5. The molecule has 4 aliphatic rings. The quantitative estimate of drug-likeness (QED) is 0.146. The fourth-order valence-corrected chi connectivity index (χ4v) is 10.4. The van der Waals surface area contributed by atoms with Gasteiger partial charge in [0.25, 0.3) is 0 Å². The van der Waals surface area contributed by atoms with Crippen molar-refractivity contribution in [2.75, 3.05) is 13.7 Å². The molecular weight excluding hydrogens is 813 g/mol. The molecule has 7 rings (SSSR count). The number of fused-ring (bicyclic) bond motifs is 3. The molecule has 15 heteroatoms. The summed E-state index contributed by atoms with van der Waals surface area (Å²) >= 11 is 0. The van der Waals surface area contributed by atoms with Crippen molar-refractivity contribution in [2.24, 2.45) is 29.1 Å². The number of methoxy groups -OCH3 is 1. The number of ether oxygens (including phenoxy) is 4. The number of aromatic nitrogens is 2. The maximum absolute atomic E-state index is 15.0. The molecule has 62 heavy (non-hydrogen) atoms. The van der Waals surface area contributed by atoms with Crippen molar-refractivity contribution in [3.63, 3.8) is 0 Å². The molecule has 2 aliphatic carbocycles. The summed E-state index contributed by atoms with van der Waals surface area (Å²) in [7, 11) is -2.30. The van der Waals surface area contributed by atoms with Crippen LogP contribution in [0.3, 0.4) is 0 Å². The summed E-state index contributed by atoms with van der Waals surface area (Å²) in [6.45, 7) is 11.5. The van der Waals surface area contributed by atoms with Gasteiger partial charge in [-0.05, 0) is 126 Å². The molecule has 3 fully saturated rings. The molecule has 0 radical (unpaired) electrons. The zero-order valence-electron chi connectivity index (χ0n) is 36.8. The van der Waals surface area contributed by atoms with Gasteiger partial charge in [0.05, 0.1) is 72.5 Å². The van der Waals surface area contributed by atoms with Crippen LogP contribution in [0.4, 0.5) is 0 Å². The van der Waals surface area contributed by atoms with Crippen LogP contribution in [0.1, 0.15) is 99.3 Å². The van der Waals surface area contributed by atoms with Crippen molar-refractivity contribution in [3.05, 3.63) is 54.7 Å². The van der Waals surface area contributed by atoms with Gasteiger partial charge < -0.3 is 23.8 Å². The lowest BCUT2D eigenvalue weighted by Crippen LogP contribution is -2.47. The second kappa shape index (κ2) is 18.4. The monoisotopic (exact) mass is 872 g/mol. The van der Waals surface area contributed by atoms with Gasteiger partial charge in [-0.3, -0.25) is 28.9 Å². The lowest BCUT2D eigenvalue weighted by atomic mass is 9.82. The van der Waals surface area contributed by atoms with Crippen LogP contribution in [0, 0.1) is 29.1 Å². The number of benzene rings is 1. The first-order valence-corrected chi connectivity index (χ1v) is 23.5. The second-order valence-electron chi connectivity index (χ2n) is 18.4. The van der Waals surface area contributed by atoms with E-state index in [9.17, 15) is 22.8 Å². The summed E-state index contributed by atoms with van der Waals surface area (Å²) in [6.07, 6.45) is 7.57. The minimum Gasteiger partial charge on any atom is -0.497 e. The van der Waals surface area contributed by atoms with Crippen LogP contribution >= 0.6 is 0 Å². The van der Waals surface area contributed by atoms with E-state index >= 15 is 4.79 Å². The van der Waals surface area contributed by atoms with E-state index in [0.717, 1.165) is 11.8 Å². The van der Waals surface area contributed by atoms with Gasteiger partial charge in [0.2, 0.25) is 27.7 Å². The molecule has 2 aliphatic heterocycles. The number of pyridine rings is 2. The summed E-state index contributed by atoms with van der Waals surface area (Å²) in [5.74, 6) is -1.59. The minimum atomic E-state index is -3.88. The molecule has 1 saturated heterocycles. The number of allylic oxidation sites excluding steroid dienone is 2. The number of esters is 1. The first-order valence-electron chi connectivity index (χ1n) is 22.0. The third-order valence-corrected chi connectivity index (χ3v) is 14.4. The van der Waals surface area contributed by atoms with E-state index in [0.29, 0.717) is 60.4 Å². The van der Waals surface area contributed by atoms with Crippen molar-refractivity contribution in [1.82, 2.24) is 19.6 Å². The maximum Gasteiger partial charge on any atom is 0.306 e. The smallest absolute Gasteiger partial charge is 0.306 e. The Hall–Kier alpha value is -5.05. The molecule has 1 N–H and O–H groups in total. The number of nitrogens with one attached hydrogen (secondary N) is 1. The topological polar surface area (TPSA) is 180 Å². The van der Waals surface area contributed by atoms with Crippen LogP contribution in [-0.4, -0.2) is 90.1 Å². The Morgan fingerprint density at radius 1 is 0.968 bits per heavy atom. The van der Waals surface area contributed by atoms with E-state index in [-0.39, 0.29) is 73.3 Å². The lowest BCUT2D eigenvalue weighted by Gasteiger charge is -2.32. The SMILES string of the molecule is COc1ccc2c(O[C@@H]3C[C@H]4C(=O)C[C@]5(C(=O)NS(=O)(=O)C6CC6)C[C@H]5/C=C\CC[C@H](C)C[C@@H](C)[C@H](CC(=O)OC(C)C)C(=O)N4C3)nc(-c3ccc(OC(C)C)cn3)cc2c1. The molecule has 3 aromatic rings. The number of carbonyl (C=O) groups excluding carboxylic acids is 4. The molecular formula is C47H60N4O10S. The normalized spacial score (nSPS) is 27.5. The van der Waals surface area contributed by atoms with Gasteiger partial charge in [0, 0.05) is 18.2 Å². The molecule has 2 aromatic heterocycles. The number of nitrogens with zero attached hydrogens (tertiary/aromatic N) is 3. The number of carbonyl (C=O) groups is 4. The molecule has 2 amide bonds. The standard InChI is InChI=1S/C47H60N4O10S/c1-27(2)59-34-13-17-39(48-25-34)40-20-31-19-33(58-7)12-16-37(31)44(49-40)61-35-21-41-42(52)24-47(46(55)50-62(56,57)36-14-15-36)23-32(47)11-9-8-10-29(5)18-30(6)38(45(54)51(41)26-35)22-43(53)60-28(3)4/h9,11-13,16-17,19-20,25,27-30,32,35-36,38,41H,8,10,14-15,18,21-24,26H2,1-7H3,(H,50,55)/b11-9-/t29-,30+,32+,35+,38-,41-,47+/m0/s1. The van der Waals surface area contributed by atoms with Crippen LogP contribution in [-0.2, 0) is 33.9 Å². The zero-order valence-corrected chi connectivity index (χ0v) is 37.6. The Balaban J connectivity index is 1.25. The van der Waals surface area contributed by atoms with Crippen molar-refractivity contribution in [2.45, 2.75) is 129 Å². The van der Waals surface area contributed by atoms with Gasteiger partial charge in [0.15, 0.2) is 5.78 Å². The highest BCUT2D eigenvalue weighted by atomic mass is 32.2. The van der Waals surface area contributed by atoms with Gasteiger partial charge >= 0.3 is 5.97 Å². The second-order valence-corrected chi connectivity index (χ2v) is 20.3. The third-order valence-electron chi connectivity index (χ3n) is 12.6. The van der Waals surface area contributed by atoms with Gasteiger partial charge in [-0.25, -0.2) is 13.4 Å². The van der Waals surface area contributed by atoms with E-state index < -0.39 is 50.6 Å². The van der Waals surface area contributed by atoms with E-state index in [1.165, 1.54) is 4.90 Å². The fraction of sp³-hybridized carbons (Fsp3) is 0.574. The number of amides is 2. The molecule has 0 bridgehead atoms. The predicted octanol–water partition coefficient (Wildman–Crippen LogP) is 6.99. The third kappa shape index (κ3) is 10.2. The Kier molecular flexibility index (Phi) is 13.3. The Labute approximate surface area is 364 Å². The number of rotatable bonds is 12. The number of Topliss-reactive ketones (excluding diaryl/α,β-unsaturated/α-hetero) is 1. The minimum absolute atomic E-state index is 0.00880. The molecule has 0 unspecified atom stereocenters. The Bertz CT molecular complexity index is 2310. The summed E-state index contributed by atoms with van der Waals surface area (Å²) in [5.41, 5.74) is -0.193. The average Bonchev–Trinajstić information content (AvgIpc) is 4.14. The van der Waals surface area contributed by atoms with Crippen molar-refractivity contribution in [1.29, 1.82) is 0 Å². The van der Waals surface area contributed by atoms with Gasteiger partial charge in [-0.2, -0.15) is 0 Å². The van der Waals surface area contributed by atoms with E-state index in [2.05, 4.69) is 16.6 Å². The van der Waals surface area contributed by atoms with E-state index in [1.54, 1.807) is 33.2 Å². The summed E-state index contributed by atoms with van der Waals surface area (Å²) in [5, 5.41) is 0.825. The van der Waals surface area contributed by atoms with Gasteiger partial charge in [0.1, 0.15) is 17.6 Å². The first-order chi connectivity index (χ1) is 29.5. The fourth-order valence-electron chi connectivity index (χ4n) is 9.06. The molecule has 1 aromatic carbocycles.